The van der Waals surface area contributed by atoms with Crippen LogP contribution in [0.2, 0.25) is 0 Å². The Morgan fingerprint density at radius 3 is 2.76 bits per heavy atom. The molecule has 0 saturated carbocycles. The molecule has 1 aromatic carbocycles. The van der Waals surface area contributed by atoms with E-state index < -0.39 is 5.82 Å². The highest BCUT2D eigenvalue weighted by Crippen LogP contribution is 2.21. The van der Waals surface area contributed by atoms with Gasteiger partial charge in [0.25, 0.3) is 0 Å². The van der Waals surface area contributed by atoms with E-state index in [0.29, 0.717) is 11.3 Å². The Labute approximate surface area is 97.7 Å². The Hall–Kier alpha value is -2.01. The first-order valence-corrected chi connectivity index (χ1v) is 5.06. The van der Waals surface area contributed by atoms with Gasteiger partial charge in [-0.05, 0) is 19.1 Å². The first-order valence-electron chi connectivity index (χ1n) is 5.06. The van der Waals surface area contributed by atoms with E-state index in [1.807, 2.05) is 0 Å². The topological polar surface area (TPSA) is 55.2 Å². The zero-order valence-corrected chi connectivity index (χ0v) is 9.22. The van der Waals surface area contributed by atoms with Crippen LogP contribution in [-0.2, 0) is 6.61 Å². The van der Waals surface area contributed by atoms with E-state index in [1.165, 1.54) is 18.3 Å². The lowest BCUT2D eigenvalue weighted by molar-refractivity contribution is 0.279. The number of halogens is 1. The molecule has 88 valence electrons. The van der Waals surface area contributed by atoms with Gasteiger partial charge in [-0.2, -0.15) is 4.98 Å². The molecular formula is C12H11FN2O2. The van der Waals surface area contributed by atoms with Crippen molar-refractivity contribution in [2.75, 3.05) is 0 Å². The summed E-state index contributed by atoms with van der Waals surface area (Å²) in [5.41, 5.74) is 1.22. The maximum Gasteiger partial charge on any atom is 0.322 e. The number of nitrogens with zero attached hydrogens (tertiary/aromatic N) is 2. The molecule has 0 radical (unpaired) electrons. The fraction of sp³-hybridized carbons (Fsp3) is 0.167. The van der Waals surface area contributed by atoms with Crippen LogP contribution in [0.3, 0.4) is 0 Å². The lowest BCUT2D eigenvalue weighted by atomic mass is 10.3. The minimum atomic E-state index is -0.472. The highest BCUT2D eigenvalue weighted by molar-refractivity contribution is 5.27. The van der Waals surface area contributed by atoms with Gasteiger partial charge in [0, 0.05) is 11.8 Å². The van der Waals surface area contributed by atoms with Crippen LogP contribution in [0.15, 0.2) is 30.5 Å². The molecule has 17 heavy (non-hydrogen) atoms. The highest BCUT2D eigenvalue weighted by Gasteiger charge is 2.07. The molecule has 1 aromatic heterocycles. The van der Waals surface area contributed by atoms with Crippen molar-refractivity contribution in [3.8, 4) is 11.8 Å². The summed E-state index contributed by atoms with van der Waals surface area (Å²) in [5.74, 6) is -0.399. The van der Waals surface area contributed by atoms with Crippen molar-refractivity contribution in [1.29, 1.82) is 0 Å². The molecule has 0 aliphatic carbocycles. The van der Waals surface area contributed by atoms with Crippen LogP contribution in [0, 0.1) is 12.7 Å². The molecule has 0 atom stereocenters. The molecule has 1 N–H and O–H groups in total. The van der Waals surface area contributed by atoms with Gasteiger partial charge in [0.1, 0.15) is 0 Å². The molecule has 0 saturated heterocycles. The van der Waals surface area contributed by atoms with Crippen molar-refractivity contribution < 1.29 is 14.2 Å². The van der Waals surface area contributed by atoms with E-state index in [2.05, 4.69) is 9.97 Å². The predicted octanol–water partition coefficient (Wildman–Crippen LogP) is 2.21. The van der Waals surface area contributed by atoms with Gasteiger partial charge in [-0.15, -0.1) is 0 Å². The van der Waals surface area contributed by atoms with E-state index >= 15 is 0 Å². The van der Waals surface area contributed by atoms with Crippen molar-refractivity contribution in [1.82, 2.24) is 9.97 Å². The molecule has 0 fully saturated rings. The highest BCUT2D eigenvalue weighted by atomic mass is 19.1. The lowest BCUT2D eigenvalue weighted by Crippen LogP contribution is -1.99. The third kappa shape index (κ3) is 2.57. The maximum atomic E-state index is 13.3. The van der Waals surface area contributed by atoms with E-state index in [4.69, 9.17) is 9.84 Å². The van der Waals surface area contributed by atoms with E-state index in [0.717, 1.165) is 0 Å². The SMILES string of the molecule is Cc1nc(Oc2ccccc2F)ncc1CO. The molecule has 0 aliphatic heterocycles. The Morgan fingerprint density at radius 1 is 1.35 bits per heavy atom. The smallest absolute Gasteiger partial charge is 0.322 e. The number of para-hydroxylation sites is 1. The molecule has 0 unspecified atom stereocenters. The Morgan fingerprint density at radius 2 is 2.12 bits per heavy atom. The molecule has 0 amide bonds. The quantitative estimate of drug-likeness (QED) is 0.884. The van der Waals surface area contributed by atoms with Crippen LogP contribution in [0.1, 0.15) is 11.3 Å². The Bertz CT molecular complexity index is 532. The first kappa shape index (κ1) is 11.5. The Kier molecular flexibility index (Phi) is 3.30. The summed E-state index contributed by atoms with van der Waals surface area (Å²) in [7, 11) is 0. The van der Waals surface area contributed by atoms with E-state index in [-0.39, 0.29) is 18.4 Å². The van der Waals surface area contributed by atoms with Gasteiger partial charge in [-0.1, -0.05) is 12.1 Å². The van der Waals surface area contributed by atoms with E-state index in [9.17, 15) is 4.39 Å². The van der Waals surface area contributed by atoms with Gasteiger partial charge in [0.2, 0.25) is 0 Å². The van der Waals surface area contributed by atoms with Crippen molar-refractivity contribution in [2.24, 2.45) is 0 Å². The minimum Gasteiger partial charge on any atom is -0.421 e. The van der Waals surface area contributed by atoms with Crippen molar-refractivity contribution in [3.05, 3.63) is 47.5 Å². The summed E-state index contributed by atoms with van der Waals surface area (Å²) in [5, 5.41) is 8.96. The summed E-state index contributed by atoms with van der Waals surface area (Å²) in [6, 6.07) is 6.08. The zero-order chi connectivity index (χ0) is 12.3. The maximum absolute atomic E-state index is 13.3. The van der Waals surface area contributed by atoms with Crippen LogP contribution < -0.4 is 4.74 Å². The van der Waals surface area contributed by atoms with Gasteiger partial charge in [-0.25, -0.2) is 9.37 Å². The average Bonchev–Trinajstić information content (AvgIpc) is 2.32. The number of benzene rings is 1. The van der Waals surface area contributed by atoms with Gasteiger partial charge < -0.3 is 9.84 Å². The summed E-state index contributed by atoms with van der Waals surface area (Å²) in [6.45, 7) is 1.59. The summed E-state index contributed by atoms with van der Waals surface area (Å²) < 4.78 is 18.5. The monoisotopic (exact) mass is 234 g/mol. The van der Waals surface area contributed by atoms with Crippen molar-refractivity contribution >= 4 is 0 Å². The molecule has 0 aliphatic rings. The van der Waals surface area contributed by atoms with Crippen LogP contribution in [0.25, 0.3) is 0 Å². The molecule has 5 heteroatoms. The van der Waals surface area contributed by atoms with Gasteiger partial charge in [-0.3, -0.25) is 0 Å². The number of aliphatic hydroxyl groups is 1. The second-order valence-corrected chi connectivity index (χ2v) is 3.45. The standard InChI is InChI=1S/C12H11FN2O2/c1-8-9(7-16)6-14-12(15-8)17-11-5-3-2-4-10(11)13/h2-6,16H,7H2,1H3. The molecule has 0 bridgehead atoms. The number of hydrogen-bond donors (Lipinski definition) is 1. The number of aryl methyl sites for hydroxylation is 1. The number of rotatable bonds is 3. The van der Waals surface area contributed by atoms with Crippen LogP contribution in [-0.4, -0.2) is 15.1 Å². The van der Waals surface area contributed by atoms with Crippen molar-refractivity contribution in [3.63, 3.8) is 0 Å². The van der Waals surface area contributed by atoms with Crippen molar-refractivity contribution in [2.45, 2.75) is 13.5 Å². The van der Waals surface area contributed by atoms with Crippen LogP contribution >= 0.6 is 0 Å². The normalized spacial score (nSPS) is 10.3. The predicted molar refractivity (Wildman–Crippen MR) is 59.2 cm³/mol. The second-order valence-electron chi connectivity index (χ2n) is 3.45. The number of aromatic nitrogens is 2. The summed E-state index contributed by atoms with van der Waals surface area (Å²) in [4.78, 5) is 7.91. The average molecular weight is 234 g/mol. The molecule has 4 nitrogen and oxygen atoms in total. The number of ether oxygens (including phenoxy) is 1. The third-order valence-electron chi connectivity index (χ3n) is 2.27. The van der Waals surface area contributed by atoms with Gasteiger partial charge >= 0.3 is 6.01 Å². The van der Waals surface area contributed by atoms with Gasteiger partial charge in [0.15, 0.2) is 11.6 Å². The summed E-state index contributed by atoms with van der Waals surface area (Å²) in [6.07, 6.45) is 1.46. The molecular weight excluding hydrogens is 223 g/mol. The Balaban J connectivity index is 2.25. The summed E-state index contributed by atoms with van der Waals surface area (Å²) >= 11 is 0. The van der Waals surface area contributed by atoms with Crippen LogP contribution in [0.5, 0.6) is 11.8 Å². The third-order valence-corrected chi connectivity index (χ3v) is 2.27. The number of hydrogen-bond acceptors (Lipinski definition) is 4. The fourth-order valence-electron chi connectivity index (χ4n) is 1.30. The minimum absolute atomic E-state index is 0.0600. The molecule has 0 spiro atoms. The molecule has 2 aromatic rings. The lowest BCUT2D eigenvalue weighted by Gasteiger charge is -2.06. The zero-order valence-electron chi connectivity index (χ0n) is 9.22. The van der Waals surface area contributed by atoms with E-state index in [1.54, 1.807) is 19.1 Å². The second kappa shape index (κ2) is 4.88. The van der Waals surface area contributed by atoms with Gasteiger partial charge in [0.05, 0.1) is 12.3 Å². The first-order chi connectivity index (χ1) is 8.20. The van der Waals surface area contributed by atoms with Crippen LogP contribution in [0.4, 0.5) is 4.39 Å². The largest absolute Gasteiger partial charge is 0.421 e. The fourth-order valence-corrected chi connectivity index (χ4v) is 1.30. The molecule has 1 heterocycles. The molecule has 2 rings (SSSR count). The number of aliphatic hydroxyl groups excluding tert-OH is 1.